The molecule has 0 saturated carbocycles. The second-order valence-corrected chi connectivity index (χ2v) is 5.94. The molecule has 7 heteroatoms. The van der Waals surface area contributed by atoms with Crippen LogP contribution in [0.25, 0.3) is 0 Å². The van der Waals surface area contributed by atoms with E-state index in [0.29, 0.717) is 21.4 Å². The highest BCUT2D eigenvalue weighted by Crippen LogP contribution is 2.26. The molecule has 0 radical (unpaired) electrons. The van der Waals surface area contributed by atoms with Gasteiger partial charge in [0.05, 0.1) is 10.0 Å². The summed E-state index contributed by atoms with van der Waals surface area (Å²) in [6, 6.07) is 0. The van der Waals surface area contributed by atoms with Crippen LogP contribution in [-0.4, -0.2) is 26.4 Å². The summed E-state index contributed by atoms with van der Waals surface area (Å²) in [5.41, 5.74) is 3.27. The first kappa shape index (κ1) is 13.9. The zero-order valence-corrected chi connectivity index (χ0v) is 12.9. The van der Waals surface area contributed by atoms with Gasteiger partial charge in [-0.25, -0.2) is 4.98 Å². The summed E-state index contributed by atoms with van der Waals surface area (Å²) in [7, 11) is 0. The molecule has 0 unspecified atom stereocenters. The van der Waals surface area contributed by atoms with E-state index in [9.17, 15) is 0 Å². The molecule has 4 nitrogen and oxygen atoms in total. The van der Waals surface area contributed by atoms with Gasteiger partial charge in [-0.2, -0.15) is 0 Å². The van der Waals surface area contributed by atoms with E-state index in [4.69, 9.17) is 35.4 Å². The zero-order valence-electron chi connectivity index (χ0n) is 10.6. The van der Waals surface area contributed by atoms with Crippen LogP contribution in [0.15, 0.2) is 18.6 Å². The molecule has 2 aromatic rings. The van der Waals surface area contributed by atoms with Crippen molar-refractivity contribution in [1.82, 2.24) is 19.9 Å². The lowest BCUT2D eigenvalue weighted by atomic mass is 10.1. The Morgan fingerprint density at radius 2 is 2.00 bits per heavy atom. The molecule has 104 valence electrons. The summed E-state index contributed by atoms with van der Waals surface area (Å²) in [5, 5.41) is 1.21. The summed E-state index contributed by atoms with van der Waals surface area (Å²) < 4.78 is 0.539. The number of aromatic nitrogens is 3. The average molecular weight is 327 g/mol. The molecular formula is C13H12Cl2N4S. The van der Waals surface area contributed by atoms with Gasteiger partial charge in [-0.1, -0.05) is 23.2 Å². The largest absolute Gasteiger partial charge is 0.334 e. The van der Waals surface area contributed by atoms with Gasteiger partial charge < -0.3 is 4.98 Å². The number of aromatic amines is 1. The van der Waals surface area contributed by atoms with Crippen molar-refractivity contribution in [3.63, 3.8) is 0 Å². The molecule has 0 bridgehead atoms. The van der Waals surface area contributed by atoms with Crippen LogP contribution < -0.4 is 0 Å². The molecular weight excluding hydrogens is 315 g/mol. The van der Waals surface area contributed by atoms with Crippen molar-refractivity contribution in [2.45, 2.75) is 19.5 Å². The number of hydrogen-bond acceptors (Lipinski definition) is 4. The predicted octanol–water partition coefficient (Wildman–Crippen LogP) is 3.40. The molecule has 20 heavy (non-hydrogen) atoms. The molecule has 0 amide bonds. The number of hydrogen-bond donors (Lipinski definition) is 1. The molecule has 0 spiro atoms. The minimum Gasteiger partial charge on any atom is -0.334 e. The third-order valence-electron chi connectivity index (χ3n) is 3.39. The molecule has 0 aliphatic carbocycles. The fraction of sp³-hybridized carbons (Fsp3) is 0.308. The summed E-state index contributed by atoms with van der Waals surface area (Å²) >= 11 is 17.4. The van der Waals surface area contributed by atoms with Crippen molar-refractivity contribution >= 4 is 35.4 Å². The lowest BCUT2D eigenvalue weighted by Gasteiger charge is -2.28. The highest BCUT2D eigenvalue weighted by molar-refractivity contribution is 7.71. The summed E-state index contributed by atoms with van der Waals surface area (Å²) in [6.45, 7) is 2.44. The molecule has 0 aromatic carbocycles. The predicted molar refractivity (Wildman–Crippen MR) is 81.5 cm³/mol. The molecule has 0 fully saturated rings. The second-order valence-electron chi connectivity index (χ2n) is 4.73. The van der Waals surface area contributed by atoms with E-state index in [2.05, 4.69) is 19.9 Å². The molecule has 3 heterocycles. The van der Waals surface area contributed by atoms with Gasteiger partial charge in [-0.05, 0) is 12.2 Å². The van der Waals surface area contributed by atoms with Crippen LogP contribution in [0.4, 0.5) is 0 Å². The molecule has 0 atom stereocenters. The Bertz CT molecular complexity index is 681. The Labute approximate surface area is 131 Å². The van der Waals surface area contributed by atoms with Gasteiger partial charge in [0.15, 0.2) is 4.77 Å². The quantitative estimate of drug-likeness (QED) is 0.859. The Hall–Kier alpha value is -1.01. The van der Waals surface area contributed by atoms with Gasteiger partial charge in [0, 0.05) is 61.5 Å². The van der Waals surface area contributed by atoms with Crippen LogP contribution in [0, 0.1) is 4.77 Å². The van der Waals surface area contributed by atoms with Crippen LogP contribution in [0.1, 0.15) is 16.8 Å². The van der Waals surface area contributed by atoms with E-state index >= 15 is 0 Å². The summed E-state index contributed by atoms with van der Waals surface area (Å²) in [6.07, 6.45) is 6.01. The van der Waals surface area contributed by atoms with Gasteiger partial charge in [0.2, 0.25) is 0 Å². The molecule has 2 aromatic heterocycles. The van der Waals surface area contributed by atoms with E-state index < -0.39 is 0 Å². The lowest BCUT2D eigenvalue weighted by Crippen LogP contribution is -2.31. The molecule has 1 aliphatic heterocycles. The minimum atomic E-state index is 0.539. The first-order valence-electron chi connectivity index (χ1n) is 6.21. The van der Waals surface area contributed by atoms with Gasteiger partial charge in [-0.15, -0.1) is 0 Å². The highest BCUT2D eigenvalue weighted by atomic mass is 35.5. The highest BCUT2D eigenvalue weighted by Gasteiger charge is 2.19. The monoisotopic (exact) mass is 326 g/mol. The van der Waals surface area contributed by atoms with Crippen molar-refractivity contribution in [2.75, 3.05) is 6.54 Å². The fourth-order valence-electron chi connectivity index (χ4n) is 2.35. The van der Waals surface area contributed by atoms with Gasteiger partial charge in [0.1, 0.15) is 0 Å². The number of nitrogens with zero attached hydrogens (tertiary/aromatic N) is 3. The number of rotatable bonds is 2. The number of H-pyrrole nitrogens is 1. The smallest absolute Gasteiger partial charge is 0.196 e. The average Bonchev–Trinajstić information content (AvgIpc) is 2.43. The second kappa shape index (κ2) is 5.77. The SMILES string of the molecule is S=c1ncc2c([nH]1)CCN(Cc1c(Cl)cncc1Cl)C2. The zero-order chi connectivity index (χ0) is 14.1. The molecule has 3 rings (SSSR count). The Morgan fingerprint density at radius 3 is 2.75 bits per heavy atom. The van der Waals surface area contributed by atoms with Crippen LogP contribution >= 0.6 is 35.4 Å². The number of pyridine rings is 1. The van der Waals surface area contributed by atoms with Gasteiger partial charge in [-0.3, -0.25) is 9.88 Å². The van der Waals surface area contributed by atoms with E-state index in [0.717, 1.165) is 25.1 Å². The van der Waals surface area contributed by atoms with E-state index in [1.807, 2.05) is 6.20 Å². The number of halogens is 2. The third-order valence-corrected chi connectivity index (χ3v) is 4.25. The molecule has 0 saturated heterocycles. The Balaban J connectivity index is 1.81. The van der Waals surface area contributed by atoms with Gasteiger partial charge >= 0.3 is 0 Å². The van der Waals surface area contributed by atoms with Crippen molar-refractivity contribution in [1.29, 1.82) is 0 Å². The van der Waals surface area contributed by atoms with E-state index in [-0.39, 0.29) is 0 Å². The van der Waals surface area contributed by atoms with Crippen molar-refractivity contribution in [3.8, 4) is 0 Å². The van der Waals surface area contributed by atoms with Gasteiger partial charge in [0.25, 0.3) is 0 Å². The minimum absolute atomic E-state index is 0.539. The van der Waals surface area contributed by atoms with Crippen molar-refractivity contribution < 1.29 is 0 Å². The first-order valence-corrected chi connectivity index (χ1v) is 7.37. The van der Waals surface area contributed by atoms with E-state index in [1.54, 1.807) is 12.4 Å². The maximum atomic E-state index is 6.16. The lowest BCUT2D eigenvalue weighted by molar-refractivity contribution is 0.243. The normalized spacial score (nSPS) is 15.1. The summed E-state index contributed by atoms with van der Waals surface area (Å²) in [4.78, 5) is 13.5. The number of fused-ring (bicyclic) bond motifs is 1. The molecule has 1 aliphatic rings. The topological polar surface area (TPSA) is 44.8 Å². The molecule has 1 N–H and O–H groups in total. The maximum Gasteiger partial charge on any atom is 0.196 e. The number of nitrogens with one attached hydrogen (secondary N) is 1. The Kier molecular flexibility index (Phi) is 4.03. The maximum absolute atomic E-state index is 6.16. The third kappa shape index (κ3) is 2.86. The van der Waals surface area contributed by atoms with Crippen LogP contribution in [0.5, 0.6) is 0 Å². The van der Waals surface area contributed by atoms with Crippen molar-refractivity contribution in [3.05, 3.63) is 50.2 Å². The van der Waals surface area contributed by atoms with Crippen LogP contribution in [-0.2, 0) is 19.5 Å². The fourth-order valence-corrected chi connectivity index (χ4v) is 3.01. The van der Waals surface area contributed by atoms with Crippen LogP contribution in [0.3, 0.4) is 0 Å². The standard InChI is InChI=1S/C13H12Cl2N4S/c14-10-4-16-5-11(15)9(10)7-19-2-1-12-8(6-19)3-17-13(20)18-12/h3-5H,1-2,6-7H2,(H,17,18,20). The van der Waals surface area contributed by atoms with Crippen LogP contribution in [0.2, 0.25) is 10.0 Å². The summed E-state index contributed by atoms with van der Waals surface area (Å²) in [5.74, 6) is 0. The van der Waals surface area contributed by atoms with E-state index in [1.165, 1.54) is 11.3 Å². The first-order chi connectivity index (χ1) is 9.63. The van der Waals surface area contributed by atoms with Crippen molar-refractivity contribution in [2.24, 2.45) is 0 Å². The Morgan fingerprint density at radius 1 is 1.25 bits per heavy atom.